The molecule has 3 aromatic rings. The van der Waals surface area contributed by atoms with Crippen LogP contribution >= 0.6 is 0 Å². The number of halogens is 2. The van der Waals surface area contributed by atoms with Crippen LogP contribution in [0.5, 0.6) is 5.88 Å². The highest BCUT2D eigenvalue weighted by Gasteiger charge is 2.36. The SMILES string of the molecule is CCN1C[C@@H](NC(=O)Nc2c(C)c(OC(C)C3CCN(C)CC3)nn2-c2ccccc2)C(c2ccc(F)c(F)c2)O1. The van der Waals surface area contributed by atoms with Crippen molar-refractivity contribution in [2.45, 2.75) is 51.9 Å². The second-order valence-corrected chi connectivity index (χ2v) is 10.9. The number of para-hydroxylation sites is 1. The maximum Gasteiger partial charge on any atom is 0.320 e. The van der Waals surface area contributed by atoms with Crippen molar-refractivity contribution in [2.24, 2.45) is 5.92 Å². The Morgan fingerprint density at radius 1 is 1.15 bits per heavy atom. The molecule has 2 N–H and O–H groups in total. The molecule has 0 bridgehead atoms. The van der Waals surface area contributed by atoms with Gasteiger partial charge in [-0.15, -0.1) is 5.10 Å². The van der Waals surface area contributed by atoms with Crippen LogP contribution in [-0.4, -0.2) is 71.1 Å². The minimum Gasteiger partial charge on any atom is -0.473 e. The molecule has 2 fully saturated rings. The van der Waals surface area contributed by atoms with Crippen LogP contribution in [-0.2, 0) is 4.84 Å². The van der Waals surface area contributed by atoms with Crippen LogP contribution in [0.2, 0.25) is 0 Å². The van der Waals surface area contributed by atoms with E-state index in [0.29, 0.717) is 41.8 Å². The van der Waals surface area contributed by atoms with Gasteiger partial charge >= 0.3 is 6.03 Å². The first-order valence-corrected chi connectivity index (χ1v) is 14.2. The molecule has 5 rings (SSSR count). The van der Waals surface area contributed by atoms with Crippen LogP contribution in [0.3, 0.4) is 0 Å². The summed E-state index contributed by atoms with van der Waals surface area (Å²) in [5, 5.41) is 12.4. The number of carbonyl (C=O) groups excluding carboxylic acids is 1. The fourth-order valence-electron chi connectivity index (χ4n) is 5.47. The Kier molecular flexibility index (Phi) is 8.86. The van der Waals surface area contributed by atoms with Crippen molar-refractivity contribution in [3.05, 3.63) is 71.3 Å². The predicted octanol–water partition coefficient (Wildman–Crippen LogP) is 5.07. The molecule has 220 valence electrons. The van der Waals surface area contributed by atoms with Crippen molar-refractivity contribution in [3.8, 4) is 11.6 Å². The lowest BCUT2D eigenvalue weighted by Gasteiger charge is -2.32. The van der Waals surface area contributed by atoms with Gasteiger partial charge in [0.05, 0.1) is 17.3 Å². The van der Waals surface area contributed by atoms with Crippen LogP contribution < -0.4 is 15.4 Å². The molecular formula is C30H38F2N6O3. The molecule has 3 heterocycles. The number of piperidine rings is 1. The highest BCUT2D eigenvalue weighted by atomic mass is 19.2. The van der Waals surface area contributed by atoms with Crippen LogP contribution in [0, 0.1) is 24.5 Å². The van der Waals surface area contributed by atoms with Crippen molar-refractivity contribution in [1.29, 1.82) is 0 Å². The number of likely N-dealkylation sites (tertiary alicyclic amines) is 1. The topological polar surface area (TPSA) is 83.9 Å². The number of rotatable bonds is 8. The lowest BCUT2D eigenvalue weighted by atomic mass is 9.92. The van der Waals surface area contributed by atoms with Crippen LogP contribution in [0.1, 0.15) is 43.9 Å². The molecule has 0 spiro atoms. The molecule has 9 nitrogen and oxygen atoms in total. The molecule has 2 aliphatic heterocycles. The van der Waals surface area contributed by atoms with E-state index < -0.39 is 29.8 Å². The Bertz CT molecular complexity index is 1350. The molecule has 0 radical (unpaired) electrons. The molecule has 0 aliphatic carbocycles. The zero-order valence-electron chi connectivity index (χ0n) is 23.9. The smallest absolute Gasteiger partial charge is 0.320 e. The van der Waals surface area contributed by atoms with E-state index in [1.54, 1.807) is 9.75 Å². The first kappa shape index (κ1) is 29.0. The number of ether oxygens (including phenoxy) is 1. The summed E-state index contributed by atoms with van der Waals surface area (Å²) >= 11 is 0. The third-order valence-corrected chi connectivity index (χ3v) is 8.01. The van der Waals surface area contributed by atoms with Crippen LogP contribution in [0.4, 0.5) is 19.4 Å². The lowest BCUT2D eigenvalue weighted by molar-refractivity contribution is -0.144. The van der Waals surface area contributed by atoms with Crippen molar-refractivity contribution < 1.29 is 23.1 Å². The quantitative estimate of drug-likeness (QED) is 0.395. The zero-order valence-corrected chi connectivity index (χ0v) is 23.9. The van der Waals surface area contributed by atoms with Crippen LogP contribution in [0.25, 0.3) is 5.69 Å². The summed E-state index contributed by atoms with van der Waals surface area (Å²) in [6.07, 6.45) is 1.41. The number of nitrogens with one attached hydrogen (secondary N) is 2. The summed E-state index contributed by atoms with van der Waals surface area (Å²) < 4.78 is 35.6. The van der Waals surface area contributed by atoms with E-state index >= 15 is 0 Å². The highest BCUT2D eigenvalue weighted by molar-refractivity contribution is 5.90. The van der Waals surface area contributed by atoms with Gasteiger partial charge in [0, 0.05) is 13.1 Å². The van der Waals surface area contributed by atoms with Gasteiger partial charge in [0.1, 0.15) is 18.0 Å². The number of aromatic nitrogens is 2. The van der Waals surface area contributed by atoms with E-state index in [4.69, 9.17) is 14.7 Å². The standard InChI is InChI=1S/C30H38F2N6O3/c1-5-37-18-26(27(41-37)22-11-12-24(31)25(32)17-22)33-30(39)34-28-19(2)29(35-38(28)23-9-7-6-8-10-23)40-20(3)21-13-15-36(4)16-14-21/h6-12,17,20-21,26-27H,5,13-16,18H2,1-4H3,(H2,33,34,39)/t20?,26-,27?/m1/s1. The van der Waals surface area contributed by atoms with E-state index in [1.165, 1.54) is 6.07 Å². The van der Waals surface area contributed by atoms with Crippen molar-refractivity contribution in [2.75, 3.05) is 38.5 Å². The van der Waals surface area contributed by atoms with Gasteiger partial charge in [0.15, 0.2) is 11.6 Å². The first-order chi connectivity index (χ1) is 19.7. The van der Waals surface area contributed by atoms with Gasteiger partial charge in [-0.3, -0.25) is 10.2 Å². The second-order valence-electron chi connectivity index (χ2n) is 10.9. The van der Waals surface area contributed by atoms with Gasteiger partial charge in [0.2, 0.25) is 5.88 Å². The van der Waals surface area contributed by atoms with Gasteiger partial charge in [-0.25, -0.2) is 18.3 Å². The van der Waals surface area contributed by atoms with Gasteiger partial charge in [-0.1, -0.05) is 31.2 Å². The Balaban J connectivity index is 1.36. The molecule has 2 amide bonds. The summed E-state index contributed by atoms with van der Waals surface area (Å²) in [7, 11) is 2.13. The average molecular weight is 569 g/mol. The summed E-state index contributed by atoms with van der Waals surface area (Å²) in [5.41, 5.74) is 1.92. The minimum absolute atomic E-state index is 0.0317. The van der Waals surface area contributed by atoms with Crippen molar-refractivity contribution >= 4 is 11.8 Å². The van der Waals surface area contributed by atoms with Crippen molar-refractivity contribution in [1.82, 2.24) is 25.1 Å². The molecule has 2 unspecified atom stereocenters. The Morgan fingerprint density at radius 3 is 2.56 bits per heavy atom. The normalized spacial score (nSPS) is 21.1. The molecule has 2 aromatic carbocycles. The first-order valence-electron chi connectivity index (χ1n) is 14.2. The molecule has 1 aromatic heterocycles. The van der Waals surface area contributed by atoms with Gasteiger partial charge < -0.3 is 15.0 Å². The fraction of sp³-hybridized carbons (Fsp3) is 0.467. The largest absolute Gasteiger partial charge is 0.473 e. The molecule has 0 saturated carbocycles. The fourth-order valence-corrected chi connectivity index (χ4v) is 5.47. The molecule has 11 heteroatoms. The van der Waals surface area contributed by atoms with Gasteiger partial charge in [0.25, 0.3) is 0 Å². The van der Waals surface area contributed by atoms with Gasteiger partial charge in [-0.05, 0) is 82.6 Å². The predicted molar refractivity (Wildman–Crippen MR) is 152 cm³/mol. The number of hydrogen-bond acceptors (Lipinski definition) is 6. The van der Waals surface area contributed by atoms with E-state index in [9.17, 15) is 13.6 Å². The number of amides is 2. The number of hydrogen-bond donors (Lipinski definition) is 2. The van der Waals surface area contributed by atoms with E-state index in [2.05, 4.69) is 29.5 Å². The number of nitrogens with zero attached hydrogens (tertiary/aromatic N) is 4. The number of benzene rings is 2. The summed E-state index contributed by atoms with van der Waals surface area (Å²) in [5.74, 6) is -0.529. The number of urea groups is 1. The Labute approximate surface area is 239 Å². The summed E-state index contributed by atoms with van der Waals surface area (Å²) in [6, 6.07) is 12.2. The number of hydroxylamine groups is 2. The monoisotopic (exact) mass is 568 g/mol. The van der Waals surface area contributed by atoms with E-state index in [1.807, 2.05) is 44.2 Å². The number of likely N-dealkylation sites (N-methyl/N-ethyl adjacent to an activating group) is 1. The third kappa shape index (κ3) is 6.52. The molecule has 41 heavy (non-hydrogen) atoms. The second kappa shape index (κ2) is 12.5. The molecule has 2 saturated heterocycles. The highest BCUT2D eigenvalue weighted by Crippen LogP contribution is 2.33. The van der Waals surface area contributed by atoms with E-state index in [0.717, 1.165) is 43.8 Å². The Hall–Kier alpha value is -3.54. The summed E-state index contributed by atoms with van der Waals surface area (Å²) in [4.78, 5) is 21.7. The van der Waals surface area contributed by atoms with Crippen LogP contribution in [0.15, 0.2) is 48.5 Å². The minimum atomic E-state index is -0.964. The molecule has 3 atom stereocenters. The lowest BCUT2D eigenvalue weighted by Crippen LogP contribution is -2.42. The third-order valence-electron chi connectivity index (χ3n) is 8.01. The number of anilines is 1. The maximum atomic E-state index is 14.0. The van der Waals surface area contributed by atoms with E-state index in [-0.39, 0.29) is 6.10 Å². The molecular weight excluding hydrogens is 530 g/mol. The maximum absolute atomic E-state index is 14.0. The van der Waals surface area contributed by atoms with Crippen molar-refractivity contribution in [3.63, 3.8) is 0 Å². The number of carbonyl (C=O) groups is 1. The Morgan fingerprint density at radius 2 is 1.88 bits per heavy atom. The summed E-state index contributed by atoms with van der Waals surface area (Å²) in [6.45, 7) is 8.89. The van der Waals surface area contributed by atoms with Gasteiger partial charge in [-0.2, -0.15) is 5.06 Å². The molecule has 2 aliphatic rings. The average Bonchev–Trinajstić information content (AvgIpc) is 3.51. The zero-order chi connectivity index (χ0) is 29.1.